The van der Waals surface area contributed by atoms with Crippen LogP contribution in [-0.4, -0.2) is 16.5 Å². The summed E-state index contributed by atoms with van der Waals surface area (Å²) in [5, 5.41) is 3.73. The molecule has 136 valence electrons. The lowest BCUT2D eigenvalue weighted by molar-refractivity contribution is 0.309. The summed E-state index contributed by atoms with van der Waals surface area (Å²) in [6.45, 7) is 2.18. The highest BCUT2D eigenvalue weighted by atomic mass is 16.3. The molecule has 0 bridgehead atoms. The van der Waals surface area contributed by atoms with Crippen LogP contribution in [0, 0.1) is 0 Å². The molecule has 0 amide bonds. The van der Waals surface area contributed by atoms with Crippen molar-refractivity contribution in [1.29, 1.82) is 0 Å². The zero-order chi connectivity index (χ0) is 18.8. The van der Waals surface area contributed by atoms with E-state index in [1.807, 2.05) is 0 Å². The zero-order valence-electron chi connectivity index (χ0n) is 15.9. The van der Waals surface area contributed by atoms with Gasteiger partial charge in [-0.25, -0.2) is 0 Å². The lowest BCUT2D eigenvalue weighted by atomic mass is 10.0. The minimum atomic E-state index is 0.240. The van der Waals surface area contributed by atoms with E-state index >= 15 is 0 Å². The van der Waals surface area contributed by atoms with Crippen LogP contribution in [0.5, 0.6) is 0 Å². The third-order valence-electron chi connectivity index (χ3n) is 6.04. The first-order chi connectivity index (χ1) is 13.7. The van der Waals surface area contributed by atoms with Crippen molar-refractivity contribution < 1.29 is 4.42 Å². The zero-order valence-corrected chi connectivity index (χ0v) is 15.9. The predicted molar refractivity (Wildman–Crippen MR) is 116 cm³/mol. The Labute approximate surface area is 163 Å². The first-order valence-corrected chi connectivity index (χ1v) is 9.67. The van der Waals surface area contributed by atoms with Gasteiger partial charge in [-0.3, -0.25) is 0 Å². The number of para-hydroxylation sites is 2. The van der Waals surface area contributed by atoms with E-state index in [9.17, 15) is 0 Å². The molecule has 0 saturated carbocycles. The monoisotopic (exact) mass is 364 g/mol. The van der Waals surface area contributed by atoms with Crippen molar-refractivity contribution in [2.45, 2.75) is 13.0 Å². The van der Waals surface area contributed by atoms with Gasteiger partial charge in [0.25, 0.3) is 0 Å². The third kappa shape index (κ3) is 1.99. The standard InChI is InChI=1S/C25H20N2O/c1-16-25-20(13-14-26(16)2)21-15-17(11-12-24(21)28-25)27-22-9-5-3-7-18(22)19-8-4-6-10-23(19)27/h3-16H,1-2H3/t16-/m1/s1. The average molecular weight is 364 g/mol. The molecule has 3 heterocycles. The van der Waals surface area contributed by atoms with Crippen LogP contribution in [0.3, 0.4) is 0 Å². The van der Waals surface area contributed by atoms with Gasteiger partial charge in [0.15, 0.2) is 0 Å². The van der Waals surface area contributed by atoms with E-state index in [0.29, 0.717) is 0 Å². The molecule has 2 aromatic heterocycles. The number of aromatic nitrogens is 1. The second-order valence-corrected chi connectivity index (χ2v) is 7.59. The Kier molecular flexibility index (Phi) is 3.07. The molecule has 0 saturated heterocycles. The quantitative estimate of drug-likeness (QED) is 0.338. The molecule has 1 aliphatic heterocycles. The fourth-order valence-electron chi connectivity index (χ4n) is 4.45. The lowest BCUT2D eigenvalue weighted by Crippen LogP contribution is -2.18. The molecule has 1 aliphatic rings. The third-order valence-corrected chi connectivity index (χ3v) is 6.04. The van der Waals surface area contributed by atoms with Crippen molar-refractivity contribution in [3.05, 3.63) is 84.3 Å². The molecule has 0 aliphatic carbocycles. The Morgan fingerprint density at radius 2 is 1.50 bits per heavy atom. The highest BCUT2D eigenvalue weighted by molar-refractivity contribution is 6.09. The minimum absolute atomic E-state index is 0.240. The van der Waals surface area contributed by atoms with Crippen LogP contribution < -0.4 is 0 Å². The van der Waals surface area contributed by atoms with Gasteiger partial charge in [0, 0.05) is 40.7 Å². The molecule has 0 N–H and O–H groups in total. The first-order valence-electron chi connectivity index (χ1n) is 9.67. The van der Waals surface area contributed by atoms with Crippen molar-refractivity contribution in [3.8, 4) is 5.69 Å². The van der Waals surface area contributed by atoms with Crippen LogP contribution in [0.25, 0.3) is 44.5 Å². The van der Waals surface area contributed by atoms with E-state index in [2.05, 4.69) is 102 Å². The van der Waals surface area contributed by atoms with Gasteiger partial charge in [0.2, 0.25) is 0 Å². The Bertz CT molecular complexity index is 1350. The summed E-state index contributed by atoms with van der Waals surface area (Å²) in [6, 6.07) is 24.0. The van der Waals surface area contributed by atoms with Crippen LogP contribution in [0.4, 0.5) is 0 Å². The molecule has 0 radical (unpaired) electrons. The molecule has 28 heavy (non-hydrogen) atoms. The van der Waals surface area contributed by atoms with E-state index in [-0.39, 0.29) is 6.04 Å². The van der Waals surface area contributed by atoms with E-state index in [1.54, 1.807) is 0 Å². The highest BCUT2D eigenvalue weighted by Crippen LogP contribution is 2.38. The maximum absolute atomic E-state index is 6.22. The molecule has 1 atom stereocenters. The summed E-state index contributed by atoms with van der Waals surface area (Å²) < 4.78 is 8.57. The van der Waals surface area contributed by atoms with Gasteiger partial charge in [0.05, 0.1) is 17.1 Å². The Balaban J connectivity index is 1.67. The number of nitrogens with zero attached hydrogens (tertiary/aromatic N) is 2. The molecule has 3 heteroatoms. The molecule has 0 spiro atoms. The Morgan fingerprint density at radius 1 is 0.821 bits per heavy atom. The van der Waals surface area contributed by atoms with E-state index in [0.717, 1.165) is 17.0 Å². The number of fused-ring (bicyclic) bond motifs is 6. The van der Waals surface area contributed by atoms with E-state index in [4.69, 9.17) is 4.42 Å². The Morgan fingerprint density at radius 3 is 2.21 bits per heavy atom. The van der Waals surface area contributed by atoms with Crippen LogP contribution >= 0.6 is 0 Å². The van der Waals surface area contributed by atoms with Gasteiger partial charge < -0.3 is 13.9 Å². The van der Waals surface area contributed by atoms with Gasteiger partial charge >= 0.3 is 0 Å². The second-order valence-electron chi connectivity index (χ2n) is 7.59. The van der Waals surface area contributed by atoms with Crippen molar-refractivity contribution in [2.24, 2.45) is 0 Å². The summed E-state index contributed by atoms with van der Waals surface area (Å²) in [7, 11) is 2.08. The summed E-state index contributed by atoms with van der Waals surface area (Å²) in [4.78, 5) is 2.18. The topological polar surface area (TPSA) is 21.3 Å². The summed E-state index contributed by atoms with van der Waals surface area (Å²) >= 11 is 0. The van der Waals surface area contributed by atoms with Gasteiger partial charge in [-0.1, -0.05) is 36.4 Å². The van der Waals surface area contributed by atoms with Gasteiger partial charge in [0.1, 0.15) is 11.3 Å². The molecule has 3 aromatic carbocycles. The van der Waals surface area contributed by atoms with Crippen LogP contribution in [-0.2, 0) is 0 Å². The Hall–Kier alpha value is -3.46. The molecule has 5 aromatic rings. The molecule has 0 unspecified atom stereocenters. The van der Waals surface area contributed by atoms with Crippen molar-refractivity contribution in [1.82, 2.24) is 9.47 Å². The SMILES string of the molecule is C[C@@H]1c2oc3ccc(-n4c5ccccc5c5ccccc54)cc3c2C=CN1C. The molecular formula is C25H20N2O. The minimum Gasteiger partial charge on any atom is -0.458 e. The highest BCUT2D eigenvalue weighted by Gasteiger charge is 2.24. The molecule has 3 nitrogen and oxygen atoms in total. The molecule has 6 rings (SSSR count). The van der Waals surface area contributed by atoms with Crippen LogP contribution in [0.1, 0.15) is 24.3 Å². The summed E-state index contributed by atoms with van der Waals surface area (Å²) in [6.07, 6.45) is 4.30. The lowest BCUT2D eigenvalue weighted by Gasteiger charge is -2.25. The maximum Gasteiger partial charge on any atom is 0.135 e. The average Bonchev–Trinajstić information content (AvgIpc) is 3.26. The number of hydrogen-bond donors (Lipinski definition) is 0. The molecular weight excluding hydrogens is 344 g/mol. The summed E-state index contributed by atoms with van der Waals surface area (Å²) in [5.74, 6) is 1.04. The fraction of sp³-hybridized carbons (Fsp3) is 0.120. The maximum atomic E-state index is 6.22. The summed E-state index contributed by atoms with van der Waals surface area (Å²) in [5.41, 5.74) is 5.76. The largest absolute Gasteiger partial charge is 0.458 e. The van der Waals surface area contributed by atoms with Crippen molar-refractivity contribution in [3.63, 3.8) is 0 Å². The van der Waals surface area contributed by atoms with E-state index in [1.165, 1.54) is 32.8 Å². The number of benzene rings is 3. The van der Waals surface area contributed by atoms with Crippen LogP contribution in [0.15, 0.2) is 77.3 Å². The van der Waals surface area contributed by atoms with E-state index < -0.39 is 0 Å². The van der Waals surface area contributed by atoms with Crippen molar-refractivity contribution in [2.75, 3.05) is 7.05 Å². The van der Waals surface area contributed by atoms with Crippen LogP contribution in [0.2, 0.25) is 0 Å². The fourth-order valence-corrected chi connectivity index (χ4v) is 4.45. The van der Waals surface area contributed by atoms with Gasteiger partial charge in [-0.2, -0.15) is 0 Å². The number of furan rings is 1. The van der Waals surface area contributed by atoms with Gasteiger partial charge in [-0.05, 0) is 43.3 Å². The smallest absolute Gasteiger partial charge is 0.135 e. The normalized spacial score (nSPS) is 16.4. The second kappa shape index (κ2) is 5.52. The first kappa shape index (κ1) is 15.6. The molecule has 0 fully saturated rings. The number of rotatable bonds is 1. The number of hydrogen-bond acceptors (Lipinski definition) is 2. The van der Waals surface area contributed by atoms with Gasteiger partial charge in [-0.15, -0.1) is 0 Å². The van der Waals surface area contributed by atoms with Crippen molar-refractivity contribution >= 4 is 38.9 Å². The predicted octanol–water partition coefficient (Wildman–Crippen LogP) is 6.51.